The lowest BCUT2D eigenvalue weighted by Gasteiger charge is -2.44. The largest absolute Gasteiger partial charge is 0.483 e. The number of rotatable bonds is 15. The Morgan fingerprint density at radius 3 is 0.509 bits per heavy atom. The average molecular weight is 979 g/mol. The van der Waals surface area contributed by atoms with Crippen LogP contribution in [-0.4, -0.2) is 95.8 Å². The standard InChI is InChI=1S/C16BrF33O5/c17-5(22,23)15(47,48)54-3(20,8(30,31)32)13(43,44)52-1(18,6(24,25)26)11(39,40)51-2(19,7(27,28)29)12(41,42)53-4(21,9(33,34)35)14(45,46)55-16(49,50)10(36,37)38/t1-,2+,3-,4+/m0/s1. The Kier molecular flexibility index (Phi) is 13.3. The predicted molar refractivity (Wildman–Crippen MR) is 94.6 cm³/mol. The molecule has 0 amide bonds. The summed E-state index contributed by atoms with van der Waals surface area (Å²) >= 11 is 0.257. The molecule has 0 aromatic carbocycles. The van der Waals surface area contributed by atoms with Crippen LogP contribution in [0.1, 0.15) is 0 Å². The van der Waals surface area contributed by atoms with Gasteiger partial charge in [-0.05, 0) is 0 Å². The monoisotopic (exact) mass is 978 g/mol. The van der Waals surface area contributed by atoms with E-state index in [0.29, 0.717) is 0 Å². The molecule has 0 saturated carbocycles. The minimum absolute atomic E-state index is 0.257. The van der Waals surface area contributed by atoms with Crippen molar-refractivity contribution in [3.8, 4) is 0 Å². The number of hydrogen-bond donors (Lipinski definition) is 0. The van der Waals surface area contributed by atoms with Crippen molar-refractivity contribution >= 4 is 15.9 Å². The van der Waals surface area contributed by atoms with E-state index in [-0.39, 0.29) is 15.9 Å². The molecule has 0 N–H and O–H groups in total. The summed E-state index contributed by atoms with van der Waals surface area (Å²) in [5.74, 6) is -36.5. The molecule has 0 aliphatic carbocycles. The summed E-state index contributed by atoms with van der Waals surface area (Å²) in [5, 5.41) is 0. The van der Waals surface area contributed by atoms with Crippen molar-refractivity contribution in [1.29, 1.82) is 0 Å². The number of hydrogen-bond acceptors (Lipinski definition) is 5. The molecule has 0 aliphatic heterocycles. The minimum Gasteiger partial charge on any atom is -0.263 e. The molecule has 39 heteroatoms. The first kappa shape index (κ1) is 53.0. The highest BCUT2D eigenvalue weighted by Crippen LogP contribution is 2.62. The second-order valence-electron chi connectivity index (χ2n) is 8.98. The summed E-state index contributed by atoms with van der Waals surface area (Å²) in [6.45, 7) is 0. The van der Waals surface area contributed by atoms with E-state index in [1.807, 2.05) is 0 Å². The Hall–Kier alpha value is -2.03. The molecule has 55 heavy (non-hydrogen) atoms. The zero-order chi connectivity index (χ0) is 45.5. The lowest BCUT2D eigenvalue weighted by atomic mass is 10.2. The third-order valence-electron chi connectivity index (χ3n) is 4.95. The third kappa shape index (κ3) is 9.32. The van der Waals surface area contributed by atoms with Gasteiger partial charge in [-0.2, -0.15) is 145 Å². The number of alkyl halides is 34. The Balaban J connectivity index is 7.84. The molecule has 0 fully saturated rings. The second kappa shape index (κ2) is 13.8. The molecule has 0 rings (SSSR count). The molecule has 0 spiro atoms. The highest BCUT2D eigenvalue weighted by molar-refractivity contribution is 9.10. The van der Waals surface area contributed by atoms with Gasteiger partial charge in [0.25, 0.3) is 0 Å². The van der Waals surface area contributed by atoms with Gasteiger partial charge in [0.15, 0.2) is 0 Å². The Bertz CT molecular complexity index is 1340. The molecule has 4 atom stereocenters. The Morgan fingerprint density at radius 1 is 0.200 bits per heavy atom. The van der Waals surface area contributed by atoms with Gasteiger partial charge in [-0.25, -0.2) is 4.74 Å². The second-order valence-corrected chi connectivity index (χ2v) is 9.97. The average Bonchev–Trinajstić information content (AvgIpc) is 2.82. The van der Waals surface area contributed by atoms with Gasteiger partial charge in [0, 0.05) is 15.9 Å². The molecule has 0 aromatic rings. The summed E-state index contributed by atoms with van der Waals surface area (Å²) in [4.78, 5) is -6.68. The van der Waals surface area contributed by atoms with Crippen LogP contribution in [0.5, 0.6) is 0 Å². The van der Waals surface area contributed by atoms with Gasteiger partial charge in [0.2, 0.25) is 0 Å². The van der Waals surface area contributed by atoms with E-state index >= 15 is 0 Å². The fourth-order valence-corrected chi connectivity index (χ4v) is 2.46. The molecule has 0 radical (unpaired) electrons. The van der Waals surface area contributed by atoms with Crippen LogP contribution >= 0.6 is 15.9 Å². The lowest BCUT2D eigenvalue weighted by molar-refractivity contribution is -0.600. The quantitative estimate of drug-likeness (QED) is 0.121. The summed E-state index contributed by atoms with van der Waals surface area (Å²) in [5.41, 5.74) is 0. The maximum atomic E-state index is 14.4. The first-order valence-electron chi connectivity index (χ1n) is 11.0. The van der Waals surface area contributed by atoms with Gasteiger partial charge in [-0.1, -0.05) is 0 Å². The van der Waals surface area contributed by atoms with Crippen molar-refractivity contribution in [1.82, 2.24) is 0 Å². The Morgan fingerprint density at radius 2 is 0.364 bits per heavy atom. The first-order chi connectivity index (χ1) is 23.0. The van der Waals surface area contributed by atoms with Crippen LogP contribution in [0.15, 0.2) is 0 Å². The zero-order valence-corrected chi connectivity index (χ0v) is 24.5. The SMILES string of the molecule is FC(F)(F)C(F)(F)OC(F)(F)[C@](F)(OC(F)(F)[C@](F)(OC(F)(F)[C@@](F)(OC(F)(F)[C@@](F)(OC(F)(F)C(F)(F)Br)C(F)(F)F)C(F)(F)F)C(F)(F)F)C(F)(F)F. The maximum Gasteiger partial charge on any atom is 0.483 e. The molecule has 0 saturated heterocycles. The van der Waals surface area contributed by atoms with Gasteiger partial charge in [-0.15, -0.1) is 0 Å². The van der Waals surface area contributed by atoms with Gasteiger partial charge in [0.05, 0.1) is 0 Å². The van der Waals surface area contributed by atoms with E-state index < -0.39 is 95.8 Å². The van der Waals surface area contributed by atoms with Gasteiger partial charge in [-0.3, -0.25) is 18.9 Å². The summed E-state index contributed by atoms with van der Waals surface area (Å²) in [6, 6.07) is 0. The van der Waals surface area contributed by atoms with Crippen molar-refractivity contribution in [2.24, 2.45) is 0 Å². The van der Waals surface area contributed by atoms with E-state index in [1.165, 1.54) is 4.74 Å². The molecule has 332 valence electrons. The topological polar surface area (TPSA) is 46.2 Å². The van der Waals surface area contributed by atoms with Crippen LogP contribution in [0.2, 0.25) is 0 Å². The van der Waals surface area contributed by atoms with Crippen molar-refractivity contribution in [2.75, 3.05) is 0 Å². The van der Waals surface area contributed by atoms with Gasteiger partial charge in [0.1, 0.15) is 0 Å². The van der Waals surface area contributed by atoms with Crippen LogP contribution in [0.4, 0.5) is 145 Å². The molecule has 0 bridgehead atoms. The van der Waals surface area contributed by atoms with E-state index in [1.54, 1.807) is 0 Å². The predicted octanol–water partition coefficient (Wildman–Crippen LogP) is 11.1. The van der Waals surface area contributed by atoms with Crippen LogP contribution in [-0.2, 0) is 23.7 Å². The highest BCUT2D eigenvalue weighted by atomic mass is 79.9. The highest BCUT2D eigenvalue weighted by Gasteiger charge is 2.90. The molecular weight excluding hydrogens is 979 g/mol. The summed E-state index contributed by atoms with van der Waals surface area (Å²) < 4.78 is 443. The fraction of sp³-hybridized carbons (Fsp3) is 1.00. The minimum atomic E-state index is -9.42. The molecule has 0 aliphatic rings. The first-order valence-corrected chi connectivity index (χ1v) is 11.8. The molecule has 0 unspecified atom stereocenters. The van der Waals surface area contributed by atoms with Crippen LogP contribution in [0.3, 0.4) is 0 Å². The Labute approximate surface area is 281 Å². The molecule has 0 heterocycles. The number of ether oxygens (including phenoxy) is 5. The van der Waals surface area contributed by atoms with E-state index in [4.69, 9.17) is 0 Å². The number of halogens is 34. The zero-order valence-electron chi connectivity index (χ0n) is 22.9. The van der Waals surface area contributed by atoms with Gasteiger partial charge >= 0.3 is 95.8 Å². The van der Waals surface area contributed by atoms with Crippen LogP contribution in [0.25, 0.3) is 0 Å². The van der Waals surface area contributed by atoms with Gasteiger partial charge < -0.3 is 0 Å². The normalized spacial score (nSPS) is 20.4. The third-order valence-corrected chi connectivity index (χ3v) is 5.41. The molecule has 0 aromatic heterocycles. The van der Waals surface area contributed by atoms with Crippen LogP contribution < -0.4 is 0 Å². The van der Waals surface area contributed by atoms with E-state index in [2.05, 4.69) is 0 Å². The van der Waals surface area contributed by atoms with Crippen molar-refractivity contribution in [3.05, 3.63) is 0 Å². The van der Waals surface area contributed by atoms with E-state index in [0.717, 1.165) is 18.9 Å². The van der Waals surface area contributed by atoms with Crippen LogP contribution in [0, 0.1) is 0 Å². The molecular formula is C16BrF33O5. The summed E-state index contributed by atoms with van der Waals surface area (Å²) in [6.07, 6.45) is -95.4. The lowest BCUT2D eigenvalue weighted by Crippen LogP contribution is -2.72. The van der Waals surface area contributed by atoms with Crippen molar-refractivity contribution < 1.29 is 169 Å². The van der Waals surface area contributed by atoms with Crippen molar-refractivity contribution in [2.45, 2.75) is 95.8 Å². The molecule has 5 nitrogen and oxygen atoms in total. The summed E-state index contributed by atoms with van der Waals surface area (Å²) in [7, 11) is 0. The fourth-order valence-electron chi connectivity index (χ4n) is 2.37. The van der Waals surface area contributed by atoms with E-state index in [9.17, 15) is 145 Å². The smallest absolute Gasteiger partial charge is 0.263 e. The van der Waals surface area contributed by atoms with Crippen molar-refractivity contribution in [3.63, 3.8) is 0 Å². The maximum absolute atomic E-state index is 14.4.